The third-order valence-corrected chi connectivity index (χ3v) is 16.6. The number of phosphoric ester groups is 1. The first-order valence-corrected chi connectivity index (χ1v) is 36.7. The standard InChI is InChI=1S/C73H135N2O7P/c1-7-10-13-16-19-22-25-28-30-32-33-34-35-36-37-38-39-40-41-43-45-48-51-54-57-60-63-66-73(77)82-71(64-61-58-55-52-49-46-27-24-21-18-15-12-9-3)70(69-81-83(78,79)80-68-67-75(4,5)6)74-72(76)65-62-59-56-53-50-47-44-42-31-29-26-23-20-17-14-11-8-2/h20,23,28-31,44,47,53,56,61,64,70-71H,7-19,21-22,24-27,32-43,45-46,48-52,54-55,57-60,62-63,65-69H2,1-6H3,(H-,74,76,78,79)/b23-20-,30-28+,31-29-,47-44-,56-53-,64-61-. The van der Waals surface area contributed by atoms with Crippen LogP contribution in [0.4, 0.5) is 0 Å². The summed E-state index contributed by atoms with van der Waals surface area (Å²) < 4.78 is 30.4. The van der Waals surface area contributed by atoms with E-state index in [1.807, 2.05) is 33.3 Å². The van der Waals surface area contributed by atoms with Crippen LogP contribution in [0.1, 0.15) is 329 Å². The fourth-order valence-corrected chi connectivity index (χ4v) is 10.9. The SMILES string of the molecule is CCCCC/C=C\C/C=C\C/C=C\C/C=C\CCCC(=O)NC(COP(=O)([O-])OCC[N+](C)(C)C)C(/C=C\CCCCCCCCCCCCC)OC(=O)CCCCCCCCCCCCCCCCCCC/C=C/CCCCCCCC. The van der Waals surface area contributed by atoms with Crippen molar-refractivity contribution in [3.8, 4) is 0 Å². The highest BCUT2D eigenvalue weighted by atomic mass is 31.2. The molecule has 0 aromatic carbocycles. The van der Waals surface area contributed by atoms with Crippen LogP contribution in [0.2, 0.25) is 0 Å². The first kappa shape index (κ1) is 80.5. The molecule has 0 aliphatic carbocycles. The van der Waals surface area contributed by atoms with E-state index in [4.69, 9.17) is 13.8 Å². The zero-order valence-corrected chi connectivity index (χ0v) is 56.3. The fourth-order valence-electron chi connectivity index (χ4n) is 10.2. The lowest BCUT2D eigenvalue weighted by molar-refractivity contribution is -0.870. The van der Waals surface area contributed by atoms with Crippen LogP contribution >= 0.6 is 7.82 Å². The van der Waals surface area contributed by atoms with E-state index in [9.17, 15) is 19.0 Å². The average molecular weight is 1180 g/mol. The van der Waals surface area contributed by atoms with Gasteiger partial charge >= 0.3 is 5.97 Å². The molecule has 10 heteroatoms. The van der Waals surface area contributed by atoms with E-state index in [1.54, 1.807) is 0 Å². The van der Waals surface area contributed by atoms with Gasteiger partial charge in [-0.2, -0.15) is 0 Å². The maximum atomic E-state index is 13.5. The second-order valence-electron chi connectivity index (χ2n) is 25.0. The number of amides is 1. The van der Waals surface area contributed by atoms with E-state index < -0.39 is 26.6 Å². The second-order valence-corrected chi connectivity index (χ2v) is 26.4. The van der Waals surface area contributed by atoms with Gasteiger partial charge < -0.3 is 28.5 Å². The molecule has 3 atom stereocenters. The summed E-state index contributed by atoms with van der Waals surface area (Å²) in [6.07, 6.45) is 81.9. The van der Waals surface area contributed by atoms with Gasteiger partial charge in [-0.3, -0.25) is 14.2 Å². The predicted octanol–water partition coefficient (Wildman–Crippen LogP) is 21.7. The Labute approximate surface area is 514 Å². The van der Waals surface area contributed by atoms with Gasteiger partial charge in [-0.25, -0.2) is 0 Å². The van der Waals surface area contributed by atoms with Gasteiger partial charge in [0.15, 0.2) is 0 Å². The molecule has 3 unspecified atom stereocenters. The normalized spacial score (nSPS) is 14.0. The van der Waals surface area contributed by atoms with Crippen molar-refractivity contribution in [1.29, 1.82) is 0 Å². The molecular formula is C73H135N2O7P. The number of rotatable bonds is 64. The number of ether oxygens (including phenoxy) is 1. The first-order chi connectivity index (χ1) is 40.4. The Hall–Kier alpha value is -2.55. The molecule has 0 saturated heterocycles. The van der Waals surface area contributed by atoms with Crippen molar-refractivity contribution >= 4 is 19.7 Å². The number of hydrogen-bond acceptors (Lipinski definition) is 7. The van der Waals surface area contributed by atoms with E-state index >= 15 is 0 Å². The van der Waals surface area contributed by atoms with Gasteiger partial charge in [0, 0.05) is 12.8 Å². The Morgan fingerprint density at radius 1 is 0.422 bits per heavy atom. The molecule has 83 heavy (non-hydrogen) atoms. The number of unbranched alkanes of at least 4 members (excludes halogenated alkanes) is 38. The maximum Gasteiger partial charge on any atom is 0.306 e. The number of carbonyl (C=O) groups excluding carboxylic acids is 2. The monoisotopic (exact) mass is 1180 g/mol. The summed E-state index contributed by atoms with van der Waals surface area (Å²) >= 11 is 0. The maximum absolute atomic E-state index is 13.5. The minimum absolute atomic E-state index is 0.0332. The van der Waals surface area contributed by atoms with Gasteiger partial charge in [-0.05, 0) is 96.0 Å². The Balaban J connectivity index is 5.10. The summed E-state index contributed by atoms with van der Waals surface area (Å²) in [5.41, 5.74) is 0. The fraction of sp³-hybridized carbons (Fsp3) is 0.808. The summed E-state index contributed by atoms with van der Waals surface area (Å²) in [6, 6.07) is -0.919. The van der Waals surface area contributed by atoms with Crippen LogP contribution in [0.15, 0.2) is 72.9 Å². The molecule has 0 bridgehead atoms. The molecule has 0 radical (unpaired) electrons. The lowest BCUT2D eigenvalue weighted by atomic mass is 10.0. The van der Waals surface area contributed by atoms with Crippen LogP contribution < -0.4 is 10.2 Å². The molecular weight excluding hydrogens is 1050 g/mol. The summed E-state index contributed by atoms with van der Waals surface area (Å²) in [6.45, 7) is 6.80. The highest BCUT2D eigenvalue weighted by Gasteiger charge is 2.27. The van der Waals surface area contributed by atoms with Gasteiger partial charge in [-0.15, -0.1) is 0 Å². The molecule has 0 spiro atoms. The number of allylic oxidation sites excluding steroid dienone is 11. The molecule has 0 fully saturated rings. The van der Waals surface area contributed by atoms with E-state index in [-0.39, 0.29) is 31.3 Å². The molecule has 0 aliphatic heterocycles. The van der Waals surface area contributed by atoms with Crippen molar-refractivity contribution in [2.24, 2.45) is 0 Å². The Morgan fingerprint density at radius 2 is 0.747 bits per heavy atom. The van der Waals surface area contributed by atoms with Gasteiger partial charge in [-0.1, -0.05) is 293 Å². The smallest absolute Gasteiger partial charge is 0.306 e. The average Bonchev–Trinajstić information content (AvgIpc) is 3.46. The van der Waals surface area contributed by atoms with Crippen molar-refractivity contribution in [2.75, 3.05) is 40.9 Å². The number of hydrogen-bond donors (Lipinski definition) is 1. The highest BCUT2D eigenvalue weighted by Crippen LogP contribution is 2.38. The highest BCUT2D eigenvalue weighted by molar-refractivity contribution is 7.45. The van der Waals surface area contributed by atoms with Crippen LogP contribution in [0, 0.1) is 0 Å². The number of esters is 1. The first-order valence-electron chi connectivity index (χ1n) is 35.2. The topological polar surface area (TPSA) is 114 Å². The third kappa shape index (κ3) is 63.8. The van der Waals surface area contributed by atoms with E-state index in [1.165, 1.54) is 225 Å². The number of carbonyl (C=O) groups is 2. The molecule has 9 nitrogen and oxygen atoms in total. The summed E-state index contributed by atoms with van der Waals surface area (Å²) in [7, 11) is 1.16. The Morgan fingerprint density at radius 3 is 1.16 bits per heavy atom. The summed E-state index contributed by atoms with van der Waals surface area (Å²) in [5, 5.41) is 3.01. The molecule has 1 N–H and O–H groups in total. The zero-order chi connectivity index (χ0) is 60.7. The van der Waals surface area contributed by atoms with Crippen molar-refractivity contribution in [3.05, 3.63) is 72.9 Å². The lowest BCUT2D eigenvalue weighted by Gasteiger charge is -2.30. The molecule has 0 aromatic heterocycles. The molecule has 0 rings (SSSR count). The van der Waals surface area contributed by atoms with Gasteiger partial charge in [0.2, 0.25) is 5.91 Å². The second kappa shape index (κ2) is 62.5. The Kier molecular flexibility index (Phi) is 60.6. The summed E-state index contributed by atoms with van der Waals surface area (Å²) in [5.74, 6) is -0.596. The van der Waals surface area contributed by atoms with Crippen molar-refractivity contribution in [1.82, 2.24) is 5.32 Å². The number of quaternary nitrogens is 1. The van der Waals surface area contributed by atoms with E-state index in [0.717, 1.165) is 64.2 Å². The third-order valence-electron chi connectivity index (χ3n) is 15.6. The van der Waals surface area contributed by atoms with Crippen LogP contribution in [-0.2, 0) is 27.9 Å². The van der Waals surface area contributed by atoms with Gasteiger partial charge in [0.05, 0.1) is 33.8 Å². The van der Waals surface area contributed by atoms with Gasteiger partial charge in [0.25, 0.3) is 7.82 Å². The van der Waals surface area contributed by atoms with E-state index in [2.05, 4.69) is 86.8 Å². The lowest BCUT2D eigenvalue weighted by Crippen LogP contribution is -2.47. The predicted molar refractivity (Wildman–Crippen MR) is 358 cm³/mol. The van der Waals surface area contributed by atoms with Crippen LogP contribution in [-0.4, -0.2) is 69.4 Å². The van der Waals surface area contributed by atoms with Crippen molar-refractivity contribution in [3.63, 3.8) is 0 Å². The minimum atomic E-state index is -4.72. The van der Waals surface area contributed by atoms with Crippen molar-refractivity contribution in [2.45, 2.75) is 341 Å². The zero-order valence-electron chi connectivity index (χ0n) is 55.4. The van der Waals surface area contributed by atoms with E-state index in [0.29, 0.717) is 17.4 Å². The Bertz CT molecular complexity index is 1650. The number of phosphoric acid groups is 1. The molecule has 1 amide bonds. The summed E-state index contributed by atoms with van der Waals surface area (Å²) in [4.78, 5) is 40.1. The van der Waals surface area contributed by atoms with Crippen LogP contribution in [0.25, 0.3) is 0 Å². The van der Waals surface area contributed by atoms with Crippen molar-refractivity contribution < 1.29 is 37.3 Å². The number of nitrogens with zero attached hydrogens (tertiary/aromatic N) is 1. The number of likely N-dealkylation sites (N-methyl/N-ethyl adjacent to an activating group) is 1. The minimum Gasteiger partial charge on any atom is -0.756 e. The molecule has 0 heterocycles. The van der Waals surface area contributed by atoms with Crippen LogP contribution in [0.3, 0.4) is 0 Å². The van der Waals surface area contributed by atoms with Gasteiger partial charge in [0.1, 0.15) is 19.3 Å². The van der Waals surface area contributed by atoms with Crippen LogP contribution in [0.5, 0.6) is 0 Å². The largest absolute Gasteiger partial charge is 0.756 e. The molecule has 0 saturated carbocycles. The quantitative estimate of drug-likeness (QED) is 0.0212. The molecule has 484 valence electrons. The molecule has 0 aromatic rings. The molecule has 0 aliphatic rings. The number of nitrogens with one attached hydrogen (secondary N) is 1.